The maximum atomic E-state index is 15.4. The van der Waals surface area contributed by atoms with E-state index in [1.165, 1.54) is 4.90 Å². The number of hydrogen-bond acceptors (Lipinski definition) is 3. The SMILES string of the molecule is C[C@@H]1Cc2c([nH]c3ccccc23)[C@H](c2c(F)cc(OCCN3CC(CF)C3)cc2F)N1CC(F)F. The minimum Gasteiger partial charge on any atom is -0.492 e. The van der Waals surface area contributed by atoms with Crippen molar-refractivity contribution < 1.29 is 26.7 Å². The third-order valence-corrected chi connectivity index (χ3v) is 7.12. The van der Waals surface area contributed by atoms with Gasteiger partial charge in [-0.3, -0.25) is 14.2 Å². The molecule has 35 heavy (non-hydrogen) atoms. The molecular weight excluding hydrogens is 465 g/mol. The highest BCUT2D eigenvalue weighted by atomic mass is 19.3. The number of fused-ring (bicyclic) bond motifs is 3. The first-order valence-electron chi connectivity index (χ1n) is 11.9. The number of aromatic nitrogens is 1. The van der Waals surface area contributed by atoms with Gasteiger partial charge in [0.15, 0.2) is 0 Å². The fraction of sp³-hybridized carbons (Fsp3) is 0.462. The second kappa shape index (κ2) is 9.78. The number of nitrogens with one attached hydrogen (secondary N) is 1. The number of benzene rings is 2. The molecule has 1 N–H and O–H groups in total. The lowest BCUT2D eigenvalue weighted by Crippen LogP contribution is -2.49. The predicted octanol–water partition coefficient (Wildman–Crippen LogP) is 5.33. The molecule has 2 aliphatic rings. The molecule has 5 rings (SSSR count). The van der Waals surface area contributed by atoms with E-state index in [1.54, 1.807) is 6.92 Å². The van der Waals surface area contributed by atoms with Crippen LogP contribution in [0.3, 0.4) is 0 Å². The summed E-state index contributed by atoms with van der Waals surface area (Å²) in [5.74, 6) is -1.60. The molecule has 9 heteroatoms. The van der Waals surface area contributed by atoms with E-state index in [0.29, 0.717) is 31.7 Å². The number of hydrogen-bond donors (Lipinski definition) is 1. The van der Waals surface area contributed by atoms with Crippen LogP contribution in [0.15, 0.2) is 36.4 Å². The molecular formula is C26H28F5N3O. The van der Waals surface area contributed by atoms with Gasteiger partial charge in [-0.1, -0.05) is 18.2 Å². The van der Waals surface area contributed by atoms with E-state index in [0.717, 1.165) is 28.6 Å². The fourth-order valence-corrected chi connectivity index (χ4v) is 5.42. The lowest BCUT2D eigenvalue weighted by molar-refractivity contribution is 0.0437. The largest absolute Gasteiger partial charge is 0.492 e. The molecule has 2 aliphatic heterocycles. The Morgan fingerprint density at radius 3 is 2.51 bits per heavy atom. The minimum atomic E-state index is -2.65. The lowest BCUT2D eigenvalue weighted by atomic mass is 9.88. The number of alkyl halides is 3. The summed E-state index contributed by atoms with van der Waals surface area (Å²) in [7, 11) is 0. The Labute approximate surface area is 200 Å². The van der Waals surface area contributed by atoms with Crippen LogP contribution >= 0.6 is 0 Å². The van der Waals surface area contributed by atoms with E-state index in [2.05, 4.69) is 4.98 Å². The van der Waals surface area contributed by atoms with Crippen LogP contribution in [0.25, 0.3) is 10.9 Å². The van der Waals surface area contributed by atoms with Gasteiger partial charge in [-0.2, -0.15) is 0 Å². The van der Waals surface area contributed by atoms with Crippen LogP contribution in [0.2, 0.25) is 0 Å². The molecule has 3 aromatic rings. The van der Waals surface area contributed by atoms with Crippen LogP contribution in [-0.4, -0.2) is 66.7 Å². The van der Waals surface area contributed by atoms with Gasteiger partial charge >= 0.3 is 0 Å². The Balaban J connectivity index is 1.45. The van der Waals surface area contributed by atoms with Gasteiger partial charge in [-0.05, 0) is 25.0 Å². The van der Waals surface area contributed by atoms with E-state index < -0.39 is 30.6 Å². The van der Waals surface area contributed by atoms with Gasteiger partial charge < -0.3 is 9.72 Å². The van der Waals surface area contributed by atoms with Crippen LogP contribution in [0.5, 0.6) is 5.75 Å². The summed E-state index contributed by atoms with van der Waals surface area (Å²) in [6.45, 7) is 2.88. The molecule has 0 spiro atoms. The Bertz CT molecular complexity index is 1170. The van der Waals surface area contributed by atoms with Crippen molar-refractivity contribution in [3.05, 3.63) is 64.9 Å². The first-order valence-corrected chi connectivity index (χ1v) is 11.9. The molecule has 0 aliphatic carbocycles. The van der Waals surface area contributed by atoms with Crippen LogP contribution in [0, 0.1) is 17.6 Å². The van der Waals surface area contributed by atoms with Gasteiger partial charge in [0.1, 0.15) is 24.0 Å². The summed E-state index contributed by atoms with van der Waals surface area (Å²) in [4.78, 5) is 6.72. The quantitative estimate of drug-likeness (QED) is 0.431. The highest BCUT2D eigenvalue weighted by Gasteiger charge is 2.39. The fourth-order valence-electron chi connectivity index (χ4n) is 5.42. The Hall–Kier alpha value is -2.65. The molecule has 3 heterocycles. The molecule has 2 aromatic carbocycles. The summed E-state index contributed by atoms with van der Waals surface area (Å²) in [6.07, 6.45) is -2.16. The second-order valence-corrected chi connectivity index (χ2v) is 9.54. The van der Waals surface area contributed by atoms with Crippen molar-refractivity contribution in [1.82, 2.24) is 14.8 Å². The van der Waals surface area contributed by atoms with E-state index in [9.17, 15) is 13.2 Å². The third-order valence-electron chi connectivity index (χ3n) is 7.12. The number of H-pyrrole nitrogens is 1. The van der Waals surface area contributed by atoms with Crippen molar-refractivity contribution >= 4 is 10.9 Å². The smallest absolute Gasteiger partial charge is 0.251 e. The minimum absolute atomic E-state index is 0.0347. The van der Waals surface area contributed by atoms with Gasteiger partial charge in [-0.25, -0.2) is 17.6 Å². The molecule has 0 bridgehead atoms. The van der Waals surface area contributed by atoms with Crippen molar-refractivity contribution in [2.75, 3.05) is 39.5 Å². The van der Waals surface area contributed by atoms with Crippen molar-refractivity contribution in [2.45, 2.75) is 31.9 Å². The van der Waals surface area contributed by atoms with Crippen molar-refractivity contribution in [3.63, 3.8) is 0 Å². The van der Waals surface area contributed by atoms with Gasteiger partial charge in [0.2, 0.25) is 0 Å². The van der Waals surface area contributed by atoms with Gasteiger partial charge in [0.05, 0.1) is 19.3 Å². The highest BCUT2D eigenvalue weighted by Crippen LogP contribution is 2.43. The van der Waals surface area contributed by atoms with Gasteiger partial charge in [0, 0.05) is 65.9 Å². The highest BCUT2D eigenvalue weighted by molar-refractivity contribution is 5.85. The Kier molecular flexibility index (Phi) is 6.72. The number of halogens is 5. The van der Waals surface area contributed by atoms with E-state index in [4.69, 9.17) is 4.74 Å². The zero-order chi connectivity index (χ0) is 24.7. The molecule has 1 saturated heterocycles. The average molecular weight is 494 g/mol. The first kappa shape index (κ1) is 24.1. The van der Waals surface area contributed by atoms with Crippen LogP contribution in [-0.2, 0) is 6.42 Å². The number of rotatable bonds is 8. The zero-order valence-electron chi connectivity index (χ0n) is 19.4. The monoisotopic (exact) mass is 493 g/mol. The van der Waals surface area contributed by atoms with Crippen molar-refractivity contribution in [2.24, 2.45) is 5.92 Å². The predicted molar refractivity (Wildman–Crippen MR) is 124 cm³/mol. The number of para-hydroxylation sites is 1. The number of likely N-dealkylation sites (tertiary alicyclic amines) is 1. The average Bonchev–Trinajstić information content (AvgIpc) is 3.14. The van der Waals surface area contributed by atoms with Gasteiger partial charge in [-0.15, -0.1) is 0 Å². The summed E-state index contributed by atoms with van der Waals surface area (Å²) in [5.41, 5.74) is 1.96. The normalized spacial score (nSPS) is 21.5. The third kappa shape index (κ3) is 4.63. The molecule has 0 saturated carbocycles. The summed E-state index contributed by atoms with van der Waals surface area (Å²) >= 11 is 0. The maximum Gasteiger partial charge on any atom is 0.251 e. The summed E-state index contributed by atoms with van der Waals surface area (Å²) < 4.78 is 76.1. The number of nitrogens with zero attached hydrogens (tertiary/aromatic N) is 2. The lowest BCUT2D eigenvalue weighted by Gasteiger charge is -2.41. The maximum absolute atomic E-state index is 15.4. The molecule has 4 nitrogen and oxygen atoms in total. The van der Waals surface area contributed by atoms with Crippen LogP contribution in [0.1, 0.15) is 29.8 Å². The molecule has 0 radical (unpaired) electrons. The number of aromatic amines is 1. The van der Waals surface area contributed by atoms with E-state index in [1.807, 2.05) is 29.2 Å². The topological polar surface area (TPSA) is 31.5 Å². The van der Waals surface area contributed by atoms with Gasteiger partial charge in [0.25, 0.3) is 6.43 Å². The standard InChI is InChI=1S/C26H28F5N3O/c1-15-8-19-18-4-2-3-5-22(18)32-25(19)26(34(15)14-23(30)31)24-20(28)9-17(10-21(24)29)35-7-6-33-12-16(11-27)13-33/h2-5,9-10,15-16,23,26,32H,6-8,11-14H2,1H3/t15-,26+/m1/s1. The Morgan fingerprint density at radius 1 is 1.11 bits per heavy atom. The molecule has 1 aromatic heterocycles. The number of ether oxygens (including phenoxy) is 1. The molecule has 188 valence electrons. The molecule has 1 fully saturated rings. The second-order valence-electron chi connectivity index (χ2n) is 9.54. The van der Waals surface area contributed by atoms with E-state index >= 15 is 8.78 Å². The molecule has 0 unspecified atom stereocenters. The zero-order valence-corrected chi connectivity index (χ0v) is 19.4. The molecule has 0 amide bonds. The van der Waals surface area contributed by atoms with Crippen LogP contribution in [0.4, 0.5) is 22.0 Å². The summed E-state index contributed by atoms with van der Waals surface area (Å²) in [6, 6.07) is 8.38. The summed E-state index contributed by atoms with van der Waals surface area (Å²) in [5, 5.41) is 0.929. The molecule has 2 atom stereocenters. The Morgan fingerprint density at radius 2 is 1.83 bits per heavy atom. The van der Waals surface area contributed by atoms with Crippen molar-refractivity contribution in [3.8, 4) is 5.75 Å². The first-order chi connectivity index (χ1) is 16.9. The van der Waals surface area contributed by atoms with Crippen molar-refractivity contribution in [1.29, 1.82) is 0 Å². The van der Waals surface area contributed by atoms with E-state index in [-0.39, 0.29) is 36.6 Å². The van der Waals surface area contributed by atoms with Crippen LogP contribution < -0.4 is 4.74 Å².